The summed E-state index contributed by atoms with van der Waals surface area (Å²) in [5.41, 5.74) is 3.74. The van der Waals surface area contributed by atoms with Crippen LogP contribution in [0.4, 0.5) is 11.4 Å². The molecular formula is C25H23ClN4O5. The molecule has 0 radical (unpaired) electrons. The van der Waals surface area contributed by atoms with E-state index in [1.165, 1.54) is 12.3 Å². The standard InChI is InChI=1S/C25H23ClN4O5/c1-2-34-21-11-9-19(10-12-21)28-23(31)16-35-22-8-3-5-17(13-22)15-27-30-25(33)24(32)29-20-7-4-6-18(26)14-20/h3-15H,2,16H2,1H3,(H,28,31)(H,29,32)(H,30,33)/b27-15-. The van der Waals surface area contributed by atoms with Gasteiger partial charge in [0.1, 0.15) is 11.5 Å². The predicted molar refractivity (Wildman–Crippen MR) is 134 cm³/mol. The van der Waals surface area contributed by atoms with Gasteiger partial charge in [-0.15, -0.1) is 0 Å². The van der Waals surface area contributed by atoms with Gasteiger partial charge < -0.3 is 20.1 Å². The minimum Gasteiger partial charge on any atom is -0.494 e. The van der Waals surface area contributed by atoms with E-state index in [2.05, 4.69) is 21.2 Å². The lowest BCUT2D eigenvalue weighted by Gasteiger charge is -2.09. The molecule has 0 aromatic heterocycles. The van der Waals surface area contributed by atoms with Crippen molar-refractivity contribution in [1.82, 2.24) is 5.43 Å². The fraction of sp³-hybridized carbons (Fsp3) is 0.120. The van der Waals surface area contributed by atoms with Crippen molar-refractivity contribution >= 4 is 46.9 Å². The van der Waals surface area contributed by atoms with Gasteiger partial charge in [0.25, 0.3) is 5.91 Å². The maximum Gasteiger partial charge on any atom is 0.329 e. The first-order chi connectivity index (χ1) is 16.9. The summed E-state index contributed by atoms with van der Waals surface area (Å²) in [5, 5.41) is 9.36. The van der Waals surface area contributed by atoms with Gasteiger partial charge >= 0.3 is 11.8 Å². The van der Waals surface area contributed by atoms with Crippen LogP contribution in [-0.2, 0) is 14.4 Å². The second-order valence-electron chi connectivity index (χ2n) is 7.03. The zero-order valence-electron chi connectivity index (χ0n) is 18.8. The molecule has 180 valence electrons. The van der Waals surface area contributed by atoms with Crippen LogP contribution < -0.4 is 25.5 Å². The smallest absolute Gasteiger partial charge is 0.329 e. The predicted octanol–water partition coefficient (Wildman–Crippen LogP) is 3.85. The summed E-state index contributed by atoms with van der Waals surface area (Å²) >= 11 is 5.85. The molecule has 0 bridgehead atoms. The molecule has 9 nitrogen and oxygen atoms in total. The van der Waals surface area contributed by atoms with Crippen molar-refractivity contribution in [2.24, 2.45) is 5.10 Å². The average molecular weight is 495 g/mol. The monoisotopic (exact) mass is 494 g/mol. The van der Waals surface area contributed by atoms with Gasteiger partial charge in [-0.3, -0.25) is 14.4 Å². The summed E-state index contributed by atoms with van der Waals surface area (Å²) in [4.78, 5) is 36.0. The zero-order valence-corrected chi connectivity index (χ0v) is 19.5. The quantitative estimate of drug-likeness (QED) is 0.237. The summed E-state index contributed by atoms with van der Waals surface area (Å²) in [6.45, 7) is 2.26. The first-order valence-corrected chi connectivity index (χ1v) is 11.0. The molecule has 0 fully saturated rings. The van der Waals surface area contributed by atoms with E-state index in [-0.39, 0.29) is 12.5 Å². The second kappa shape index (κ2) is 12.8. The molecule has 3 aromatic rings. The molecule has 35 heavy (non-hydrogen) atoms. The lowest BCUT2D eigenvalue weighted by molar-refractivity contribution is -0.136. The fourth-order valence-corrected chi connectivity index (χ4v) is 2.99. The number of nitrogens with one attached hydrogen (secondary N) is 3. The van der Waals surface area contributed by atoms with E-state index in [9.17, 15) is 14.4 Å². The fourth-order valence-electron chi connectivity index (χ4n) is 2.80. The molecule has 3 rings (SSSR count). The number of hydrogen-bond donors (Lipinski definition) is 3. The van der Waals surface area contributed by atoms with Crippen molar-refractivity contribution in [2.75, 3.05) is 23.8 Å². The van der Waals surface area contributed by atoms with Crippen LogP contribution in [0.3, 0.4) is 0 Å². The van der Waals surface area contributed by atoms with Gasteiger partial charge in [-0.05, 0) is 67.1 Å². The van der Waals surface area contributed by atoms with E-state index >= 15 is 0 Å². The van der Waals surface area contributed by atoms with Crippen LogP contribution in [-0.4, -0.2) is 37.1 Å². The van der Waals surface area contributed by atoms with E-state index < -0.39 is 11.8 Å². The summed E-state index contributed by atoms with van der Waals surface area (Å²) in [7, 11) is 0. The average Bonchev–Trinajstić information content (AvgIpc) is 2.84. The highest BCUT2D eigenvalue weighted by atomic mass is 35.5. The molecule has 0 aliphatic rings. The summed E-state index contributed by atoms with van der Waals surface area (Å²) in [6, 6.07) is 20.1. The van der Waals surface area contributed by atoms with Gasteiger partial charge in [0.2, 0.25) is 0 Å². The molecule has 3 N–H and O–H groups in total. The zero-order chi connectivity index (χ0) is 25.0. The minimum absolute atomic E-state index is 0.200. The van der Waals surface area contributed by atoms with Gasteiger partial charge in [-0.1, -0.05) is 29.8 Å². The molecule has 0 spiro atoms. The molecule has 0 heterocycles. The maximum absolute atomic E-state index is 12.2. The van der Waals surface area contributed by atoms with E-state index in [0.717, 1.165) is 5.75 Å². The number of carbonyl (C=O) groups is 3. The minimum atomic E-state index is -0.945. The molecular weight excluding hydrogens is 472 g/mol. The van der Waals surface area contributed by atoms with Crippen molar-refractivity contribution in [3.63, 3.8) is 0 Å². The number of benzene rings is 3. The normalized spacial score (nSPS) is 10.5. The highest BCUT2D eigenvalue weighted by Gasteiger charge is 2.13. The number of carbonyl (C=O) groups excluding carboxylic acids is 3. The molecule has 0 unspecified atom stereocenters. The molecule has 10 heteroatoms. The number of ether oxygens (including phenoxy) is 2. The van der Waals surface area contributed by atoms with Crippen LogP contribution in [0.1, 0.15) is 12.5 Å². The summed E-state index contributed by atoms with van der Waals surface area (Å²) < 4.78 is 10.9. The topological polar surface area (TPSA) is 118 Å². The first-order valence-electron chi connectivity index (χ1n) is 10.6. The molecule has 0 atom stereocenters. The van der Waals surface area contributed by atoms with Crippen LogP contribution in [0.25, 0.3) is 0 Å². The van der Waals surface area contributed by atoms with E-state index in [1.54, 1.807) is 66.7 Å². The Morgan fingerprint density at radius 2 is 1.63 bits per heavy atom. The molecule has 0 aliphatic heterocycles. The third-order valence-corrected chi connectivity index (χ3v) is 4.58. The van der Waals surface area contributed by atoms with Crippen LogP contribution in [0.15, 0.2) is 77.9 Å². The Bertz CT molecular complexity index is 1210. The van der Waals surface area contributed by atoms with Crippen molar-refractivity contribution in [1.29, 1.82) is 0 Å². The Balaban J connectivity index is 1.46. The number of anilines is 2. The SMILES string of the molecule is CCOc1ccc(NC(=O)COc2cccc(/C=N\NC(=O)C(=O)Nc3cccc(Cl)c3)c2)cc1. The maximum atomic E-state index is 12.2. The highest BCUT2D eigenvalue weighted by Crippen LogP contribution is 2.17. The first kappa shape index (κ1) is 25.3. The Kier molecular flexibility index (Phi) is 9.21. The largest absolute Gasteiger partial charge is 0.494 e. The summed E-state index contributed by atoms with van der Waals surface area (Å²) in [5.74, 6) is -1.01. The molecule has 0 saturated heterocycles. The molecule has 3 amide bonds. The number of amides is 3. The van der Waals surface area contributed by atoms with Crippen LogP contribution in [0, 0.1) is 0 Å². The van der Waals surface area contributed by atoms with Gasteiger partial charge in [0, 0.05) is 16.4 Å². The number of hydrazone groups is 1. The van der Waals surface area contributed by atoms with E-state index in [1.807, 2.05) is 6.92 Å². The van der Waals surface area contributed by atoms with E-state index in [4.69, 9.17) is 21.1 Å². The Labute approximate surface area is 207 Å². The lowest BCUT2D eigenvalue weighted by Crippen LogP contribution is -2.32. The van der Waals surface area contributed by atoms with Gasteiger partial charge in [0.05, 0.1) is 12.8 Å². The lowest BCUT2D eigenvalue weighted by atomic mass is 10.2. The Morgan fingerprint density at radius 1 is 0.857 bits per heavy atom. The van der Waals surface area contributed by atoms with Gasteiger partial charge in [0.15, 0.2) is 6.61 Å². The Morgan fingerprint density at radius 3 is 2.37 bits per heavy atom. The van der Waals surface area contributed by atoms with Gasteiger partial charge in [-0.2, -0.15) is 5.10 Å². The van der Waals surface area contributed by atoms with Crippen molar-refractivity contribution in [3.05, 3.63) is 83.4 Å². The van der Waals surface area contributed by atoms with Crippen LogP contribution in [0.2, 0.25) is 5.02 Å². The number of nitrogens with zero attached hydrogens (tertiary/aromatic N) is 1. The van der Waals surface area contributed by atoms with Gasteiger partial charge in [-0.25, -0.2) is 5.43 Å². The third kappa shape index (κ3) is 8.49. The summed E-state index contributed by atoms with van der Waals surface area (Å²) in [6.07, 6.45) is 1.34. The number of halogens is 1. The van der Waals surface area contributed by atoms with Crippen molar-refractivity contribution in [2.45, 2.75) is 6.92 Å². The molecule has 0 aliphatic carbocycles. The van der Waals surface area contributed by atoms with E-state index in [0.29, 0.717) is 34.3 Å². The van der Waals surface area contributed by atoms with Crippen LogP contribution in [0.5, 0.6) is 11.5 Å². The molecule has 0 saturated carbocycles. The Hall–Kier alpha value is -4.37. The number of rotatable bonds is 9. The van der Waals surface area contributed by atoms with Crippen molar-refractivity contribution < 1.29 is 23.9 Å². The third-order valence-electron chi connectivity index (χ3n) is 4.35. The second-order valence-corrected chi connectivity index (χ2v) is 7.47. The van der Waals surface area contributed by atoms with Crippen LogP contribution >= 0.6 is 11.6 Å². The van der Waals surface area contributed by atoms with Crippen molar-refractivity contribution in [3.8, 4) is 11.5 Å². The molecule has 3 aromatic carbocycles. The highest BCUT2D eigenvalue weighted by molar-refractivity contribution is 6.39. The number of hydrogen-bond acceptors (Lipinski definition) is 6.